The van der Waals surface area contributed by atoms with Crippen LogP contribution in [0.1, 0.15) is 40.9 Å². The van der Waals surface area contributed by atoms with Crippen LogP contribution < -0.4 is 33.0 Å². The number of nitrogens with one attached hydrogen (secondary N) is 4. The molecule has 0 unspecified atom stereocenters. The molecule has 14 nitrogen and oxygen atoms in total. The lowest BCUT2D eigenvalue weighted by Gasteiger charge is -2.23. The molecule has 3 rings (SSSR count). The summed E-state index contributed by atoms with van der Waals surface area (Å²) in [6.45, 7) is 3.01. The van der Waals surface area contributed by atoms with Gasteiger partial charge in [0.25, 0.3) is 11.5 Å². The first-order chi connectivity index (χ1) is 21.1. The molecule has 0 aliphatic heterocycles. The third kappa shape index (κ3) is 8.59. The number of aromatic nitrogens is 2. The van der Waals surface area contributed by atoms with E-state index >= 15 is 0 Å². The zero-order valence-corrected chi connectivity index (χ0v) is 24.9. The van der Waals surface area contributed by atoms with E-state index in [4.69, 9.17) is 21.6 Å². The number of hydrogen-bond acceptors (Lipinski definition) is 10. The van der Waals surface area contributed by atoms with Gasteiger partial charge in [-0.2, -0.15) is 8.78 Å². The molecule has 3 aromatic rings. The second-order valence-electron chi connectivity index (χ2n) is 10.3. The van der Waals surface area contributed by atoms with Gasteiger partial charge < -0.3 is 42.4 Å². The zero-order chi connectivity index (χ0) is 33.5. The molecule has 0 atom stereocenters. The number of benzene rings is 2. The first-order valence-corrected chi connectivity index (χ1v) is 13.7. The minimum atomic E-state index is -4.15. The van der Waals surface area contributed by atoms with Crippen molar-refractivity contribution in [1.29, 1.82) is 5.41 Å². The van der Waals surface area contributed by atoms with E-state index in [-0.39, 0.29) is 53.1 Å². The monoisotopic (exact) mass is 630 g/mol. The van der Waals surface area contributed by atoms with Crippen molar-refractivity contribution in [2.45, 2.75) is 45.2 Å². The highest BCUT2D eigenvalue weighted by Crippen LogP contribution is 2.34. The molecule has 0 fully saturated rings. The van der Waals surface area contributed by atoms with Crippen molar-refractivity contribution in [2.75, 3.05) is 31.3 Å². The fraction of sp³-hybridized carbons (Fsp3) is 0.345. The number of amides is 2. The van der Waals surface area contributed by atoms with Crippen LogP contribution in [0.5, 0.6) is 0 Å². The van der Waals surface area contributed by atoms with Gasteiger partial charge in [0.1, 0.15) is 12.4 Å². The normalized spacial score (nSPS) is 11.5. The summed E-state index contributed by atoms with van der Waals surface area (Å²) in [6.07, 6.45) is -1.73. The third-order valence-electron chi connectivity index (χ3n) is 6.47. The molecule has 0 spiro atoms. The quantitative estimate of drug-likeness (QED) is 0.0408. The number of carbonyl (C=O) groups excluding carboxylic acids is 2. The van der Waals surface area contributed by atoms with E-state index < -0.39 is 54.1 Å². The van der Waals surface area contributed by atoms with E-state index in [0.29, 0.717) is 5.56 Å². The minimum Gasteiger partial charge on any atom is -0.399 e. The number of alkyl halides is 2. The molecular weight excluding hydrogens is 594 g/mol. The number of aliphatic hydroxyl groups excluding tert-OH is 1. The van der Waals surface area contributed by atoms with E-state index in [9.17, 15) is 33.4 Å². The summed E-state index contributed by atoms with van der Waals surface area (Å²) in [5, 5.41) is 34.2. The molecule has 1 heterocycles. The number of rotatable bonds is 14. The fourth-order valence-corrected chi connectivity index (χ4v) is 4.29. The van der Waals surface area contributed by atoms with Crippen molar-refractivity contribution in [3.63, 3.8) is 0 Å². The van der Waals surface area contributed by atoms with Gasteiger partial charge in [0.15, 0.2) is 5.82 Å². The molecule has 2 aromatic carbocycles. The molecule has 0 aliphatic rings. The summed E-state index contributed by atoms with van der Waals surface area (Å²) in [5.74, 6) is -5.95. The fourth-order valence-electron chi connectivity index (χ4n) is 4.29. The first-order valence-electron chi connectivity index (χ1n) is 13.7. The molecular formula is C29H36F2N8O6. The van der Waals surface area contributed by atoms with Gasteiger partial charge in [-0.25, -0.2) is 4.98 Å². The lowest BCUT2D eigenvalue weighted by molar-refractivity contribution is -0.215. The Morgan fingerprint density at radius 2 is 1.84 bits per heavy atom. The SMILES string of the molecule is COCCNC(=O)c1cc(N)cc(-c2cnc(NC(C)C)c(=O)n2CC(=O)NCc2ccc(C(=N)N)cc2C(F)(F)C(O)O)c1. The van der Waals surface area contributed by atoms with E-state index in [0.717, 1.165) is 10.6 Å². The van der Waals surface area contributed by atoms with Crippen molar-refractivity contribution in [1.82, 2.24) is 20.2 Å². The molecule has 0 saturated carbocycles. The van der Waals surface area contributed by atoms with Crippen molar-refractivity contribution in [2.24, 2.45) is 5.73 Å². The molecule has 0 bridgehead atoms. The number of nitrogens with two attached hydrogens (primary N) is 2. The van der Waals surface area contributed by atoms with E-state index in [1.165, 1.54) is 43.6 Å². The van der Waals surface area contributed by atoms with Gasteiger partial charge in [-0.3, -0.25) is 24.4 Å². The largest absolute Gasteiger partial charge is 0.399 e. The van der Waals surface area contributed by atoms with Crippen LogP contribution in [0.25, 0.3) is 11.3 Å². The summed E-state index contributed by atoms with van der Waals surface area (Å²) < 4.78 is 35.4. The Labute approximate surface area is 256 Å². The molecule has 0 radical (unpaired) electrons. The highest BCUT2D eigenvalue weighted by atomic mass is 19.3. The average molecular weight is 631 g/mol. The number of nitrogen functional groups attached to an aromatic ring is 2. The lowest BCUT2D eigenvalue weighted by Crippen LogP contribution is -2.36. The van der Waals surface area contributed by atoms with Gasteiger partial charge in [-0.15, -0.1) is 0 Å². The van der Waals surface area contributed by atoms with Crippen LogP contribution >= 0.6 is 0 Å². The van der Waals surface area contributed by atoms with E-state index in [1.54, 1.807) is 13.8 Å². The molecule has 0 aliphatic carbocycles. The van der Waals surface area contributed by atoms with Gasteiger partial charge in [-0.1, -0.05) is 12.1 Å². The van der Waals surface area contributed by atoms with Crippen molar-refractivity contribution in [3.8, 4) is 11.3 Å². The average Bonchev–Trinajstić information content (AvgIpc) is 2.97. The number of amidine groups is 1. The standard InChI is InChI=1S/C29H36F2N8O6/c1-15(2)38-25-27(42)39(22(13-37-25)18-8-19(10-20(32)9-18)26(41)35-6-7-45-3)14-23(40)36-12-17-5-4-16(24(33)34)11-21(17)29(30,31)28(43)44/h4-5,8-11,13,15,28,43-44H,6-7,12,14,32H2,1-3H3,(H3,33,34)(H,35,41)(H,36,40)(H,37,38). The van der Waals surface area contributed by atoms with Gasteiger partial charge in [0.05, 0.1) is 18.5 Å². The molecule has 16 heteroatoms. The maximum atomic E-state index is 14.7. The molecule has 1 aromatic heterocycles. The summed E-state index contributed by atoms with van der Waals surface area (Å²) in [7, 11) is 1.49. The Hall–Kier alpha value is -4.93. The summed E-state index contributed by atoms with van der Waals surface area (Å²) in [5.41, 5.74) is 10.5. The minimum absolute atomic E-state index is 0.0540. The summed E-state index contributed by atoms with van der Waals surface area (Å²) >= 11 is 0. The highest BCUT2D eigenvalue weighted by Gasteiger charge is 2.41. The molecule has 2 amide bonds. The Morgan fingerprint density at radius 1 is 1.13 bits per heavy atom. The molecule has 10 N–H and O–H groups in total. The number of hydrogen-bond donors (Lipinski definition) is 8. The number of halogens is 2. The molecule has 0 saturated heterocycles. The van der Waals surface area contributed by atoms with Gasteiger partial charge in [-0.05, 0) is 43.7 Å². The summed E-state index contributed by atoms with van der Waals surface area (Å²) in [6, 6.07) is 7.50. The molecule has 45 heavy (non-hydrogen) atoms. The number of anilines is 2. The topological polar surface area (TPSA) is 231 Å². The Morgan fingerprint density at radius 3 is 2.47 bits per heavy atom. The van der Waals surface area contributed by atoms with Crippen molar-refractivity contribution in [3.05, 3.63) is 75.2 Å². The zero-order valence-electron chi connectivity index (χ0n) is 24.9. The number of ether oxygens (including phenoxy) is 1. The Balaban J connectivity index is 1.99. The number of nitrogens with zero attached hydrogens (tertiary/aromatic N) is 2. The summed E-state index contributed by atoms with van der Waals surface area (Å²) in [4.78, 5) is 43.6. The smallest absolute Gasteiger partial charge is 0.322 e. The first kappa shape index (κ1) is 34.6. The van der Waals surface area contributed by atoms with Crippen LogP contribution in [0.15, 0.2) is 47.4 Å². The second kappa shape index (κ2) is 14.7. The third-order valence-corrected chi connectivity index (χ3v) is 6.47. The second-order valence-corrected chi connectivity index (χ2v) is 10.3. The maximum Gasteiger partial charge on any atom is 0.322 e. The highest BCUT2D eigenvalue weighted by molar-refractivity contribution is 5.96. The van der Waals surface area contributed by atoms with Crippen LogP contribution in [0.2, 0.25) is 0 Å². The maximum absolute atomic E-state index is 14.7. The van der Waals surface area contributed by atoms with Gasteiger partial charge in [0.2, 0.25) is 12.2 Å². The van der Waals surface area contributed by atoms with Crippen LogP contribution in [-0.2, 0) is 28.5 Å². The lowest BCUT2D eigenvalue weighted by atomic mass is 9.97. The van der Waals surface area contributed by atoms with Gasteiger partial charge >= 0.3 is 5.92 Å². The number of methoxy groups -OCH3 is 1. The Bertz CT molecular complexity index is 1630. The van der Waals surface area contributed by atoms with Crippen LogP contribution in [0.3, 0.4) is 0 Å². The predicted octanol–water partition coefficient (Wildman–Crippen LogP) is 0.692. The van der Waals surface area contributed by atoms with Gasteiger partial charge in [0, 0.05) is 54.2 Å². The van der Waals surface area contributed by atoms with Crippen LogP contribution in [-0.4, -0.2) is 70.0 Å². The van der Waals surface area contributed by atoms with Crippen LogP contribution in [0.4, 0.5) is 20.3 Å². The van der Waals surface area contributed by atoms with Crippen molar-refractivity contribution >= 4 is 29.2 Å². The number of carbonyl (C=O) groups is 2. The Kier molecular flexibility index (Phi) is 11.3. The predicted molar refractivity (Wildman–Crippen MR) is 163 cm³/mol. The molecule has 242 valence electrons. The van der Waals surface area contributed by atoms with E-state index in [2.05, 4.69) is 20.9 Å². The van der Waals surface area contributed by atoms with E-state index in [1.807, 2.05) is 0 Å². The number of aliphatic hydroxyl groups is 2. The van der Waals surface area contributed by atoms with Crippen LogP contribution in [0, 0.1) is 5.41 Å². The van der Waals surface area contributed by atoms with Crippen molar-refractivity contribution < 1.29 is 33.3 Å².